The van der Waals surface area contributed by atoms with Gasteiger partial charge in [0.2, 0.25) is 0 Å². The Hall–Kier alpha value is -2.68. The summed E-state index contributed by atoms with van der Waals surface area (Å²) in [6.45, 7) is 4.67. The molecule has 0 aliphatic carbocycles. The molecule has 0 unspecified atom stereocenters. The zero-order chi connectivity index (χ0) is 19.2. The number of carbonyl (C=O) groups excluding carboxylic acids is 1. The average Bonchev–Trinajstić information content (AvgIpc) is 2.43. The quantitative estimate of drug-likeness (QED) is 0.502. The molecule has 0 aliphatic heterocycles. The summed E-state index contributed by atoms with van der Waals surface area (Å²) in [5.74, 6) is -1.16. The number of ether oxygens (including phenoxy) is 1. The van der Waals surface area contributed by atoms with Crippen LogP contribution in [0, 0.1) is 10.1 Å². The molecule has 138 valence electrons. The fourth-order valence-corrected chi connectivity index (χ4v) is 2.20. The second kappa shape index (κ2) is 8.43. The molecule has 9 heteroatoms. The molecule has 0 bridgehead atoms. The third-order valence-electron chi connectivity index (χ3n) is 3.13. The van der Waals surface area contributed by atoms with Crippen LogP contribution in [0.3, 0.4) is 0 Å². The van der Waals surface area contributed by atoms with Crippen LogP contribution in [-0.2, 0) is 22.6 Å². The maximum atomic E-state index is 11.9. The fraction of sp³-hybridized carbons (Fsp3) is 0.500. The number of aliphatic hydroxyl groups excluding tert-OH is 1. The highest BCUT2D eigenvalue weighted by Crippen LogP contribution is 2.22. The number of hydrogen-bond acceptors (Lipinski definition) is 6. The number of nitro groups is 1. The third kappa shape index (κ3) is 7.17. The Morgan fingerprint density at radius 2 is 2.00 bits per heavy atom. The van der Waals surface area contributed by atoms with E-state index in [0.29, 0.717) is 5.56 Å². The van der Waals surface area contributed by atoms with Gasteiger partial charge in [-0.2, -0.15) is 0 Å². The van der Waals surface area contributed by atoms with Crippen LogP contribution in [0.5, 0.6) is 0 Å². The van der Waals surface area contributed by atoms with Gasteiger partial charge in [0.1, 0.15) is 5.60 Å². The molecule has 25 heavy (non-hydrogen) atoms. The first-order valence-electron chi connectivity index (χ1n) is 7.60. The summed E-state index contributed by atoms with van der Waals surface area (Å²) in [6, 6.07) is 3.17. The van der Waals surface area contributed by atoms with E-state index >= 15 is 0 Å². The minimum atomic E-state index is -1.16. The lowest BCUT2D eigenvalue weighted by Crippen LogP contribution is -2.41. The van der Waals surface area contributed by atoms with Gasteiger partial charge in [-0.25, -0.2) is 4.79 Å². The van der Waals surface area contributed by atoms with Crippen LogP contribution >= 0.6 is 0 Å². The number of aliphatic carboxylic acids is 1. The number of nitro benzene ring substituents is 1. The first-order valence-corrected chi connectivity index (χ1v) is 7.60. The number of alkyl carbamates (subject to hydrolysis) is 1. The summed E-state index contributed by atoms with van der Waals surface area (Å²) in [5, 5.41) is 31.8. The second-order valence-electron chi connectivity index (χ2n) is 6.52. The van der Waals surface area contributed by atoms with Crippen molar-refractivity contribution in [1.29, 1.82) is 0 Å². The molecule has 9 nitrogen and oxygen atoms in total. The van der Waals surface area contributed by atoms with E-state index < -0.39 is 35.0 Å². The van der Waals surface area contributed by atoms with Gasteiger partial charge in [0.05, 0.1) is 18.0 Å². The van der Waals surface area contributed by atoms with Gasteiger partial charge in [0.25, 0.3) is 5.69 Å². The molecule has 0 heterocycles. The normalized spacial score (nSPS) is 12.3. The minimum Gasteiger partial charge on any atom is -0.481 e. The maximum absolute atomic E-state index is 11.9. The van der Waals surface area contributed by atoms with Gasteiger partial charge in [-0.3, -0.25) is 14.9 Å². The highest BCUT2D eigenvalue weighted by molar-refractivity contribution is 5.71. The summed E-state index contributed by atoms with van der Waals surface area (Å²) in [6.07, 6.45) is -1.32. The predicted octanol–water partition coefficient (Wildman–Crippen LogP) is 2.00. The SMILES string of the molecule is CC(C)(C)OC(=O)N[C@@H](CC(=O)O)Cc1cc(CO)ccc1[N+](=O)[O-]. The van der Waals surface area contributed by atoms with Gasteiger partial charge in [-0.05, 0) is 38.5 Å². The van der Waals surface area contributed by atoms with Gasteiger partial charge in [0.15, 0.2) is 0 Å². The zero-order valence-electron chi connectivity index (χ0n) is 14.3. The summed E-state index contributed by atoms with van der Waals surface area (Å²) < 4.78 is 5.09. The molecule has 0 radical (unpaired) electrons. The van der Waals surface area contributed by atoms with Gasteiger partial charge >= 0.3 is 12.1 Å². The van der Waals surface area contributed by atoms with E-state index in [0.717, 1.165) is 0 Å². The van der Waals surface area contributed by atoms with Gasteiger partial charge in [0, 0.05) is 24.1 Å². The van der Waals surface area contributed by atoms with Crippen LogP contribution in [0.4, 0.5) is 10.5 Å². The van der Waals surface area contributed by atoms with Crippen molar-refractivity contribution in [3.63, 3.8) is 0 Å². The lowest BCUT2D eigenvalue weighted by molar-refractivity contribution is -0.385. The summed E-state index contributed by atoms with van der Waals surface area (Å²) >= 11 is 0. The molecule has 0 spiro atoms. The van der Waals surface area contributed by atoms with E-state index in [1.807, 2.05) is 0 Å². The fourth-order valence-electron chi connectivity index (χ4n) is 2.20. The molecular formula is C16H22N2O7. The van der Waals surface area contributed by atoms with Crippen molar-refractivity contribution in [3.8, 4) is 0 Å². The predicted molar refractivity (Wildman–Crippen MR) is 88.1 cm³/mol. The molecule has 1 rings (SSSR count). The number of rotatable bonds is 7. The van der Waals surface area contributed by atoms with E-state index in [2.05, 4.69) is 5.32 Å². The van der Waals surface area contributed by atoms with Crippen molar-refractivity contribution in [2.45, 2.75) is 51.9 Å². The van der Waals surface area contributed by atoms with Crippen molar-refractivity contribution in [1.82, 2.24) is 5.32 Å². The van der Waals surface area contributed by atoms with Crippen LogP contribution in [0.2, 0.25) is 0 Å². The first kappa shape index (κ1) is 20.4. The number of hydrogen-bond donors (Lipinski definition) is 3. The standard InChI is InChI=1S/C16H22N2O7/c1-16(2,3)25-15(22)17-12(8-14(20)21)7-11-6-10(9-19)4-5-13(11)18(23)24/h4-6,12,19H,7-9H2,1-3H3,(H,17,22)(H,20,21)/t12-/m1/s1. The Morgan fingerprint density at radius 1 is 1.36 bits per heavy atom. The topological polar surface area (TPSA) is 139 Å². The maximum Gasteiger partial charge on any atom is 0.407 e. The molecule has 0 saturated carbocycles. The molecule has 1 amide bonds. The molecule has 1 atom stereocenters. The number of amides is 1. The Labute approximate surface area is 144 Å². The average molecular weight is 354 g/mol. The Bertz CT molecular complexity index is 652. The Balaban J connectivity index is 3.03. The van der Waals surface area contributed by atoms with Crippen LogP contribution in [-0.4, -0.2) is 38.8 Å². The van der Waals surface area contributed by atoms with Crippen molar-refractivity contribution in [3.05, 3.63) is 39.4 Å². The number of aliphatic hydroxyl groups is 1. The second-order valence-corrected chi connectivity index (χ2v) is 6.52. The number of benzene rings is 1. The van der Waals surface area contributed by atoms with Crippen molar-refractivity contribution in [2.75, 3.05) is 0 Å². The number of carboxylic acid groups (broad SMARTS) is 1. The number of carboxylic acids is 1. The molecule has 0 aromatic heterocycles. The Kier molecular flexibility index (Phi) is 6.86. The zero-order valence-corrected chi connectivity index (χ0v) is 14.3. The van der Waals surface area contributed by atoms with Gasteiger partial charge in [-0.1, -0.05) is 0 Å². The molecule has 0 aliphatic rings. The van der Waals surface area contributed by atoms with Crippen LogP contribution in [0.15, 0.2) is 18.2 Å². The molecule has 1 aromatic rings. The van der Waals surface area contributed by atoms with Crippen molar-refractivity contribution >= 4 is 17.7 Å². The van der Waals surface area contributed by atoms with E-state index in [4.69, 9.17) is 9.84 Å². The molecule has 1 aromatic carbocycles. The van der Waals surface area contributed by atoms with Crippen LogP contribution < -0.4 is 5.32 Å². The molecule has 0 fully saturated rings. The molecule has 0 saturated heterocycles. The van der Waals surface area contributed by atoms with Crippen molar-refractivity contribution in [2.24, 2.45) is 0 Å². The summed E-state index contributed by atoms with van der Waals surface area (Å²) in [7, 11) is 0. The smallest absolute Gasteiger partial charge is 0.407 e. The molecule has 3 N–H and O–H groups in total. The number of nitrogens with one attached hydrogen (secondary N) is 1. The highest BCUT2D eigenvalue weighted by atomic mass is 16.6. The third-order valence-corrected chi connectivity index (χ3v) is 3.13. The lowest BCUT2D eigenvalue weighted by Gasteiger charge is -2.23. The largest absolute Gasteiger partial charge is 0.481 e. The van der Waals surface area contributed by atoms with Crippen molar-refractivity contribution < 1.29 is 29.5 Å². The van der Waals surface area contributed by atoms with Crippen LogP contribution in [0.25, 0.3) is 0 Å². The number of nitrogens with zero attached hydrogens (tertiary/aromatic N) is 1. The Morgan fingerprint density at radius 3 is 2.48 bits per heavy atom. The lowest BCUT2D eigenvalue weighted by atomic mass is 9.99. The molecular weight excluding hydrogens is 332 g/mol. The van der Waals surface area contributed by atoms with E-state index in [1.54, 1.807) is 20.8 Å². The minimum absolute atomic E-state index is 0.0876. The van der Waals surface area contributed by atoms with Gasteiger partial charge in [-0.15, -0.1) is 0 Å². The summed E-state index contributed by atoms with van der Waals surface area (Å²) in [5.41, 5.74) is -0.301. The highest BCUT2D eigenvalue weighted by Gasteiger charge is 2.24. The van der Waals surface area contributed by atoms with E-state index in [-0.39, 0.29) is 24.3 Å². The van der Waals surface area contributed by atoms with Gasteiger partial charge < -0.3 is 20.3 Å². The summed E-state index contributed by atoms with van der Waals surface area (Å²) in [4.78, 5) is 33.5. The van der Waals surface area contributed by atoms with E-state index in [1.165, 1.54) is 18.2 Å². The monoisotopic (exact) mass is 354 g/mol. The number of carbonyl (C=O) groups is 2. The first-order chi connectivity index (χ1) is 11.5. The van der Waals surface area contributed by atoms with Crippen LogP contribution in [0.1, 0.15) is 38.3 Å². The van der Waals surface area contributed by atoms with E-state index in [9.17, 15) is 24.8 Å².